The summed E-state index contributed by atoms with van der Waals surface area (Å²) in [5.74, 6) is -1.03. The van der Waals surface area contributed by atoms with Crippen LogP contribution in [0.2, 0.25) is 0 Å². The number of hydrogen-bond acceptors (Lipinski definition) is 4. The maximum atomic E-state index is 11.5. The van der Waals surface area contributed by atoms with Crippen molar-refractivity contribution in [3.8, 4) is 0 Å². The highest BCUT2D eigenvalue weighted by Crippen LogP contribution is 2.08. The Labute approximate surface area is 120 Å². The standard InChI is InChI=1S/C14H26N2O4/c1-13(2,3)16-11(18)9-15-10(17)7-8-12(19)20-14(4,5)6/h7-9H2,1-6H3,(H,15,17)(H,16,18). The van der Waals surface area contributed by atoms with Gasteiger partial charge < -0.3 is 15.4 Å². The minimum absolute atomic E-state index is 0.00396. The summed E-state index contributed by atoms with van der Waals surface area (Å²) in [4.78, 5) is 34.4. The summed E-state index contributed by atoms with van der Waals surface area (Å²) in [6.45, 7) is 10.8. The average Bonchev–Trinajstić information content (AvgIpc) is 2.18. The number of rotatable bonds is 5. The van der Waals surface area contributed by atoms with E-state index >= 15 is 0 Å². The number of esters is 1. The maximum Gasteiger partial charge on any atom is 0.306 e. The van der Waals surface area contributed by atoms with Crippen LogP contribution in [0.4, 0.5) is 0 Å². The molecule has 0 heterocycles. The summed E-state index contributed by atoms with van der Waals surface area (Å²) in [6.07, 6.45) is 0.0156. The molecule has 2 N–H and O–H groups in total. The van der Waals surface area contributed by atoms with Crippen molar-refractivity contribution in [3.63, 3.8) is 0 Å². The molecule has 6 heteroatoms. The Morgan fingerprint density at radius 1 is 0.900 bits per heavy atom. The van der Waals surface area contributed by atoms with Crippen molar-refractivity contribution in [1.29, 1.82) is 0 Å². The van der Waals surface area contributed by atoms with Gasteiger partial charge in [-0.05, 0) is 41.5 Å². The summed E-state index contributed by atoms with van der Waals surface area (Å²) in [6, 6.07) is 0. The molecule has 0 atom stereocenters. The molecule has 20 heavy (non-hydrogen) atoms. The van der Waals surface area contributed by atoms with Gasteiger partial charge in [0.2, 0.25) is 11.8 Å². The lowest BCUT2D eigenvalue weighted by atomic mass is 10.1. The van der Waals surface area contributed by atoms with E-state index in [1.807, 2.05) is 20.8 Å². The quantitative estimate of drug-likeness (QED) is 0.742. The molecule has 0 fully saturated rings. The van der Waals surface area contributed by atoms with Gasteiger partial charge in [0, 0.05) is 12.0 Å². The van der Waals surface area contributed by atoms with Crippen molar-refractivity contribution in [1.82, 2.24) is 10.6 Å². The molecule has 0 unspecified atom stereocenters. The van der Waals surface area contributed by atoms with E-state index in [9.17, 15) is 14.4 Å². The third kappa shape index (κ3) is 11.5. The van der Waals surface area contributed by atoms with Gasteiger partial charge in [0.05, 0.1) is 13.0 Å². The Kier molecular flexibility index (Phi) is 6.68. The lowest BCUT2D eigenvalue weighted by Gasteiger charge is -2.20. The van der Waals surface area contributed by atoms with Gasteiger partial charge >= 0.3 is 5.97 Å². The predicted molar refractivity (Wildman–Crippen MR) is 76.0 cm³/mol. The molecule has 0 radical (unpaired) electrons. The van der Waals surface area contributed by atoms with E-state index in [1.54, 1.807) is 20.8 Å². The molecule has 2 amide bonds. The first-order valence-corrected chi connectivity index (χ1v) is 6.68. The molecule has 0 saturated carbocycles. The number of hydrogen-bond donors (Lipinski definition) is 2. The summed E-state index contributed by atoms with van der Waals surface area (Å²) in [5.41, 5.74) is -0.890. The minimum Gasteiger partial charge on any atom is -0.460 e. The molecule has 0 rings (SSSR count). The maximum absolute atomic E-state index is 11.5. The summed E-state index contributed by atoms with van der Waals surface area (Å²) < 4.78 is 5.08. The SMILES string of the molecule is CC(C)(C)NC(=O)CNC(=O)CCC(=O)OC(C)(C)C. The first-order chi connectivity index (χ1) is 8.89. The zero-order valence-corrected chi connectivity index (χ0v) is 13.3. The Hall–Kier alpha value is -1.59. The summed E-state index contributed by atoms with van der Waals surface area (Å²) >= 11 is 0. The van der Waals surface area contributed by atoms with E-state index in [0.717, 1.165) is 0 Å². The highest BCUT2D eigenvalue weighted by atomic mass is 16.6. The molecule has 0 aliphatic heterocycles. The van der Waals surface area contributed by atoms with Crippen molar-refractivity contribution in [2.24, 2.45) is 0 Å². The number of carbonyl (C=O) groups is 3. The fraction of sp³-hybridized carbons (Fsp3) is 0.786. The van der Waals surface area contributed by atoms with Crippen LogP contribution in [0.5, 0.6) is 0 Å². The van der Waals surface area contributed by atoms with Crippen LogP contribution in [0.15, 0.2) is 0 Å². The van der Waals surface area contributed by atoms with Crippen LogP contribution >= 0.6 is 0 Å². The van der Waals surface area contributed by atoms with Gasteiger partial charge in [0.15, 0.2) is 0 Å². The van der Waals surface area contributed by atoms with E-state index in [4.69, 9.17) is 4.74 Å². The lowest BCUT2D eigenvalue weighted by molar-refractivity contribution is -0.155. The van der Waals surface area contributed by atoms with E-state index < -0.39 is 11.6 Å². The Bertz CT molecular complexity index is 330. The molecule has 0 aliphatic rings. The van der Waals surface area contributed by atoms with Crippen LogP contribution in [0.1, 0.15) is 54.4 Å². The fourth-order valence-corrected chi connectivity index (χ4v) is 1.34. The van der Waals surface area contributed by atoms with Crippen LogP contribution in [0.3, 0.4) is 0 Å². The van der Waals surface area contributed by atoms with Crippen LogP contribution < -0.4 is 10.6 Å². The van der Waals surface area contributed by atoms with Gasteiger partial charge in [-0.15, -0.1) is 0 Å². The van der Waals surface area contributed by atoms with E-state index in [1.165, 1.54) is 0 Å². The zero-order chi connectivity index (χ0) is 16.0. The van der Waals surface area contributed by atoms with Crippen LogP contribution in [-0.4, -0.2) is 35.5 Å². The third-order valence-corrected chi connectivity index (χ3v) is 1.94. The van der Waals surface area contributed by atoms with Crippen molar-refractivity contribution in [2.75, 3.05) is 6.54 Å². The van der Waals surface area contributed by atoms with E-state index in [2.05, 4.69) is 10.6 Å². The van der Waals surface area contributed by atoms with Crippen molar-refractivity contribution >= 4 is 17.8 Å². The Balaban J connectivity index is 3.91. The van der Waals surface area contributed by atoms with Gasteiger partial charge in [-0.2, -0.15) is 0 Å². The molecule has 0 aromatic carbocycles. The fourth-order valence-electron chi connectivity index (χ4n) is 1.34. The van der Waals surface area contributed by atoms with Gasteiger partial charge in [-0.3, -0.25) is 14.4 Å². The minimum atomic E-state index is -0.555. The highest BCUT2D eigenvalue weighted by molar-refractivity contribution is 5.86. The largest absolute Gasteiger partial charge is 0.460 e. The van der Waals surface area contributed by atoms with Crippen molar-refractivity contribution < 1.29 is 19.1 Å². The van der Waals surface area contributed by atoms with E-state index in [0.29, 0.717) is 0 Å². The van der Waals surface area contributed by atoms with Gasteiger partial charge in [-0.25, -0.2) is 0 Å². The summed E-state index contributed by atoms with van der Waals surface area (Å²) in [7, 11) is 0. The Morgan fingerprint density at radius 2 is 1.45 bits per heavy atom. The second-order valence-electron chi connectivity index (χ2n) is 6.66. The number of ether oxygens (including phenoxy) is 1. The second kappa shape index (κ2) is 7.26. The highest BCUT2D eigenvalue weighted by Gasteiger charge is 2.18. The summed E-state index contributed by atoms with van der Waals surface area (Å²) in [5, 5.41) is 5.19. The molecule has 0 saturated heterocycles. The molecular weight excluding hydrogens is 260 g/mol. The predicted octanol–water partition coefficient (Wildman–Crippen LogP) is 1.14. The van der Waals surface area contributed by atoms with Crippen LogP contribution in [0, 0.1) is 0 Å². The molecule has 0 aromatic heterocycles. The Morgan fingerprint density at radius 3 is 1.90 bits per heavy atom. The normalized spacial score (nSPS) is 11.7. The number of amides is 2. The van der Waals surface area contributed by atoms with Crippen molar-refractivity contribution in [2.45, 2.75) is 65.5 Å². The zero-order valence-electron chi connectivity index (χ0n) is 13.3. The molecule has 6 nitrogen and oxygen atoms in total. The molecule has 0 aromatic rings. The van der Waals surface area contributed by atoms with Gasteiger partial charge in [0.1, 0.15) is 5.60 Å². The molecule has 0 bridgehead atoms. The third-order valence-electron chi connectivity index (χ3n) is 1.94. The first kappa shape index (κ1) is 18.4. The van der Waals surface area contributed by atoms with Crippen LogP contribution in [-0.2, 0) is 19.1 Å². The lowest BCUT2D eigenvalue weighted by Crippen LogP contribution is -2.45. The number of nitrogens with one attached hydrogen (secondary N) is 2. The second-order valence-corrected chi connectivity index (χ2v) is 6.66. The first-order valence-electron chi connectivity index (χ1n) is 6.68. The van der Waals surface area contributed by atoms with Gasteiger partial charge in [-0.1, -0.05) is 0 Å². The average molecular weight is 286 g/mol. The monoisotopic (exact) mass is 286 g/mol. The smallest absolute Gasteiger partial charge is 0.306 e. The van der Waals surface area contributed by atoms with Crippen LogP contribution in [0.25, 0.3) is 0 Å². The van der Waals surface area contributed by atoms with E-state index in [-0.39, 0.29) is 36.7 Å². The molecule has 0 aliphatic carbocycles. The molecule has 0 spiro atoms. The van der Waals surface area contributed by atoms with Crippen molar-refractivity contribution in [3.05, 3.63) is 0 Å². The molecule has 116 valence electrons. The topological polar surface area (TPSA) is 84.5 Å². The number of carbonyl (C=O) groups excluding carboxylic acids is 3. The molecular formula is C14H26N2O4. The van der Waals surface area contributed by atoms with Gasteiger partial charge in [0.25, 0.3) is 0 Å².